The SMILES string of the molecule is COc1cc(OC)nc(CS(=O)O)n1. The number of hydrogen-bond donors (Lipinski definition) is 1. The summed E-state index contributed by atoms with van der Waals surface area (Å²) in [5, 5.41) is 0. The topological polar surface area (TPSA) is 81.5 Å². The van der Waals surface area contributed by atoms with Gasteiger partial charge in [0.25, 0.3) is 0 Å². The predicted molar refractivity (Wildman–Crippen MR) is 49.6 cm³/mol. The third kappa shape index (κ3) is 2.93. The predicted octanol–water partition coefficient (Wildman–Crippen LogP) is 0.215. The summed E-state index contributed by atoms with van der Waals surface area (Å²) in [6.07, 6.45) is 0. The normalized spacial score (nSPS) is 12.2. The minimum Gasteiger partial charge on any atom is -0.481 e. The van der Waals surface area contributed by atoms with Crippen LogP contribution < -0.4 is 9.47 Å². The second kappa shape index (κ2) is 4.87. The van der Waals surface area contributed by atoms with Crippen LogP contribution in [0.5, 0.6) is 11.8 Å². The summed E-state index contributed by atoms with van der Waals surface area (Å²) in [7, 11) is 2.89. The van der Waals surface area contributed by atoms with Gasteiger partial charge in [-0.2, -0.15) is 9.97 Å². The second-order valence-electron chi connectivity index (χ2n) is 2.33. The van der Waals surface area contributed by atoms with E-state index < -0.39 is 11.1 Å². The van der Waals surface area contributed by atoms with Gasteiger partial charge < -0.3 is 14.0 Å². The standard InChI is InChI=1S/C7H10N2O4S/c1-12-6-3-7(13-2)9-5(8-6)4-14(10)11/h3H,4H2,1-2H3,(H,10,11). The highest BCUT2D eigenvalue weighted by atomic mass is 32.2. The minimum atomic E-state index is -1.97. The molecule has 1 rings (SSSR count). The Bertz CT molecular complexity index is 322. The van der Waals surface area contributed by atoms with E-state index in [4.69, 9.17) is 14.0 Å². The Morgan fingerprint density at radius 2 is 1.86 bits per heavy atom. The van der Waals surface area contributed by atoms with Gasteiger partial charge in [0.2, 0.25) is 11.8 Å². The first kappa shape index (κ1) is 10.9. The molecule has 0 radical (unpaired) electrons. The Labute approximate surface area is 83.6 Å². The summed E-state index contributed by atoms with van der Waals surface area (Å²) in [4.78, 5) is 7.75. The fraction of sp³-hybridized carbons (Fsp3) is 0.429. The maximum absolute atomic E-state index is 10.5. The molecule has 0 aromatic carbocycles. The largest absolute Gasteiger partial charge is 0.481 e. The van der Waals surface area contributed by atoms with E-state index in [-0.39, 0.29) is 11.6 Å². The van der Waals surface area contributed by atoms with Crippen molar-refractivity contribution in [2.75, 3.05) is 14.2 Å². The van der Waals surface area contributed by atoms with Crippen molar-refractivity contribution in [3.05, 3.63) is 11.9 Å². The molecule has 0 aliphatic rings. The second-order valence-corrected chi connectivity index (χ2v) is 3.27. The van der Waals surface area contributed by atoms with Crippen LogP contribution in [-0.2, 0) is 16.8 Å². The lowest BCUT2D eigenvalue weighted by Crippen LogP contribution is -2.03. The highest BCUT2D eigenvalue weighted by molar-refractivity contribution is 7.78. The van der Waals surface area contributed by atoms with Crippen molar-refractivity contribution in [3.8, 4) is 11.8 Å². The summed E-state index contributed by atoms with van der Waals surface area (Å²) in [5.74, 6) is 0.671. The Hall–Kier alpha value is -1.21. The zero-order valence-electron chi connectivity index (χ0n) is 7.76. The van der Waals surface area contributed by atoms with Gasteiger partial charge in [0.05, 0.1) is 20.3 Å². The lowest BCUT2D eigenvalue weighted by Gasteiger charge is -2.04. The molecule has 6 nitrogen and oxygen atoms in total. The maximum Gasteiger partial charge on any atom is 0.220 e. The number of methoxy groups -OCH3 is 2. The van der Waals surface area contributed by atoms with E-state index in [9.17, 15) is 4.21 Å². The van der Waals surface area contributed by atoms with Crippen LogP contribution in [0.1, 0.15) is 5.82 Å². The van der Waals surface area contributed by atoms with Crippen LogP contribution in [0.25, 0.3) is 0 Å². The van der Waals surface area contributed by atoms with E-state index in [1.54, 1.807) is 0 Å². The molecule has 0 saturated heterocycles. The molecule has 14 heavy (non-hydrogen) atoms. The first-order valence-electron chi connectivity index (χ1n) is 3.69. The molecule has 7 heteroatoms. The first-order chi connectivity index (χ1) is 6.65. The zero-order chi connectivity index (χ0) is 10.6. The van der Waals surface area contributed by atoms with Gasteiger partial charge in [0, 0.05) is 0 Å². The number of rotatable bonds is 4. The fourth-order valence-electron chi connectivity index (χ4n) is 0.834. The smallest absolute Gasteiger partial charge is 0.220 e. The molecular formula is C7H10N2O4S. The van der Waals surface area contributed by atoms with Crippen LogP contribution in [0.15, 0.2) is 6.07 Å². The van der Waals surface area contributed by atoms with Gasteiger partial charge in [-0.1, -0.05) is 0 Å². The molecule has 1 heterocycles. The van der Waals surface area contributed by atoms with Gasteiger partial charge >= 0.3 is 0 Å². The number of aromatic nitrogens is 2. The van der Waals surface area contributed by atoms with Crippen LogP contribution in [0, 0.1) is 0 Å². The zero-order valence-corrected chi connectivity index (χ0v) is 8.58. The van der Waals surface area contributed by atoms with E-state index in [1.165, 1.54) is 20.3 Å². The van der Waals surface area contributed by atoms with Crippen LogP contribution in [0.3, 0.4) is 0 Å². The van der Waals surface area contributed by atoms with Crippen molar-refractivity contribution in [2.24, 2.45) is 0 Å². The summed E-state index contributed by atoms with van der Waals surface area (Å²) >= 11 is -1.97. The van der Waals surface area contributed by atoms with Gasteiger partial charge in [-0.3, -0.25) is 0 Å². The molecule has 0 spiro atoms. The minimum absolute atomic E-state index is 0.145. The number of nitrogens with zero attached hydrogens (tertiary/aromatic N) is 2. The van der Waals surface area contributed by atoms with E-state index >= 15 is 0 Å². The molecule has 0 saturated carbocycles. The fourth-order valence-corrected chi connectivity index (χ4v) is 1.18. The van der Waals surface area contributed by atoms with Crippen molar-refractivity contribution >= 4 is 11.1 Å². The van der Waals surface area contributed by atoms with E-state index in [1.807, 2.05) is 0 Å². The quantitative estimate of drug-likeness (QED) is 0.728. The van der Waals surface area contributed by atoms with Crippen molar-refractivity contribution in [1.82, 2.24) is 9.97 Å². The Balaban J connectivity index is 2.98. The molecule has 1 atom stereocenters. The first-order valence-corrected chi connectivity index (χ1v) is 4.96. The Morgan fingerprint density at radius 1 is 1.36 bits per heavy atom. The van der Waals surface area contributed by atoms with Gasteiger partial charge in [-0.05, 0) is 0 Å². The lowest BCUT2D eigenvalue weighted by molar-refractivity contribution is 0.369. The average Bonchev–Trinajstić information content (AvgIpc) is 2.16. The Kier molecular flexibility index (Phi) is 3.78. The van der Waals surface area contributed by atoms with Gasteiger partial charge in [-0.15, -0.1) is 0 Å². The van der Waals surface area contributed by atoms with Gasteiger partial charge in [0.1, 0.15) is 5.75 Å². The summed E-state index contributed by atoms with van der Waals surface area (Å²) < 4.78 is 28.9. The van der Waals surface area contributed by atoms with E-state index in [0.717, 1.165) is 0 Å². The summed E-state index contributed by atoms with van der Waals surface area (Å²) in [5.41, 5.74) is 0. The summed E-state index contributed by atoms with van der Waals surface area (Å²) in [6, 6.07) is 1.49. The molecule has 78 valence electrons. The Morgan fingerprint density at radius 3 is 2.21 bits per heavy atom. The number of hydrogen-bond acceptors (Lipinski definition) is 5. The van der Waals surface area contributed by atoms with Crippen LogP contribution in [0.4, 0.5) is 0 Å². The monoisotopic (exact) mass is 218 g/mol. The van der Waals surface area contributed by atoms with Crippen molar-refractivity contribution < 1.29 is 18.2 Å². The molecule has 0 aliphatic heterocycles. The number of ether oxygens (including phenoxy) is 2. The molecule has 1 aromatic rings. The maximum atomic E-state index is 10.5. The third-order valence-electron chi connectivity index (χ3n) is 1.40. The summed E-state index contributed by atoms with van der Waals surface area (Å²) in [6.45, 7) is 0. The third-order valence-corrected chi connectivity index (χ3v) is 1.90. The van der Waals surface area contributed by atoms with Crippen LogP contribution in [-0.4, -0.2) is 32.9 Å². The lowest BCUT2D eigenvalue weighted by atomic mass is 10.5. The van der Waals surface area contributed by atoms with Crippen LogP contribution >= 0.6 is 0 Å². The molecule has 0 bridgehead atoms. The molecule has 1 unspecified atom stereocenters. The highest BCUT2D eigenvalue weighted by Gasteiger charge is 2.07. The molecule has 1 N–H and O–H groups in total. The van der Waals surface area contributed by atoms with Crippen molar-refractivity contribution in [2.45, 2.75) is 5.75 Å². The molecule has 1 aromatic heterocycles. The molecular weight excluding hydrogens is 208 g/mol. The average molecular weight is 218 g/mol. The van der Waals surface area contributed by atoms with Gasteiger partial charge in [0.15, 0.2) is 16.9 Å². The van der Waals surface area contributed by atoms with Gasteiger partial charge in [-0.25, -0.2) is 4.21 Å². The van der Waals surface area contributed by atoms with E-state index in [0.29, 0.717) is 11.8 Å². The van der Waals surface area contributed by atoms with Crippen molar-refractivity contribution in [3.63, 3.8) is 0 Å². The van der Waals surface area contributed by atoms with Crippen molar-refractivity contribution in [1.29, 1.82) is 0 Å². The highest BCUT2D eigenvalue weighted by Crippen LogP contribution is 2.15. The van der Waals surface area contributed by atoms with Crippen LogP contribution in [0.2, 0.25) is 0 Å². The molecule has 0 aliphatic carbocycles. The van der Waals surface area contributed by atoms with E-state index in [2.05, 4.69) is 9.97 Å². The molecule has 0 fully saturated rings. The molecule has 0 amide bonds.